The zero-order valence-electron chi connectivity index (χ0n) is 15.7. The summed E-state index contributed by atoms with van der Waals surface area (Å²) >= 11 is 0. The lowest BCUT2D eigenvalue weighted by atomic mass is 10.1. The van der Waals surface area contributed by atoms with Gasteiger partial charge in [0.25, 0.3) is 0 Å². The van der Waals surface area contributed by atoms with E-state index in [9.17, 15) is 4.79 Å². The van der Waals surface area contributed by atoms with Gasteiger partial charge in [0.15, 0.2) is 11.5 Å². The molecule has 1 aromatic heterocycles. The lowest BCUT2D eigenvalue weighted by molar-refractivity contribution is 0.174. The number of urea groups is 1. The standard InChI is InChI=1S/C21H22N4O3/c1-24(13-16-7-8-19-20(11-16)28-15-27-19)21(26)22-12-17-5-2-3-6-18(17)14-25-10-4-9-23-25/h2-11H,12-15H2,1H3,(H,22,26). The van der Waals surface area contributed by atoms with Crippen LogP contribution in [0.15, 0.2) is 60.9 Å². The Hall–Kier alpha value is -3.48. The number of amides is 2. The van der Waals surface area contributed by atoms with Crippen molar-refractivity contribution < 1.29 is 14.3 Å². The van der Waals surface area contributed by atoms with Gasteiger partial charge in [-0.2, -0.15) is 5.10 Å². The van der Waals surface area contributed by atoms with Crippen molar-refractivity contribution in [3.8, 4) is 11.5 Å². The van der Waals surface area contributed by atoms with E-state index in [1.165, 1.54) is 0 Å². The van der Waals surface area contributed by atoms with E-state index < -0.39 is 0 Å². The van der Waals surface area contributed by atoms with Crippen LogP contribution in [-0.4, -0.2) is 34.6 Å². The fourth-order valence-electron chi connectivity index (χ4n) is 3.14. The van der Waals surface area contributed by atoms with Gasteiger partial charge in [-0.05, 0) is 34.9 Å². The molecule has 0 bridgehead atoms. The van der Waals surface area contributed by atoms with Crippen LogP contribution in [0, 0.1) is 0 Å². The Labute approximate surface area is 163 Å². The molecule has 0 spiro atoms. The second kappa shape index (κ2) is 8.04. The molecule has 0 saturated carbocycles. The molecule has 3 aromatic rings. The predicted molar refractivity (Wildman–Crippen MR) is 104 cm³/mol. The largest absolute Gasteiger partial charge is 0.454 e. The van der Waals surface area contributed by atoms with Gasteiger partial charge in [0, 0.05) is 32.5 Å². The van der Waals surface area contributed by atoms with Crippen molar-refractivity contribution in [1.82, 2.24) is 20.0 Å². The van der Waals surface area contributed by atoms with Crippen LogP contribution in [0.4, 0.5) is 4.79 Å². The SMILES string of the molecule is CN(Cc1ccc2c(c1)OCO2)C(=O)NCc1ccccc1Cn1cccn1. The van der Waals surface area contributed by atoms with Crippen molar-refractivity contribution in [1.29, 1.82) is 0 Å². The summed E-state index contributed by atoms with van der Waals surface area (Å²) in [4.78, 5) is 14.2. The van der Waals surface area contributed by atoms with Gasteiger partial charge in [-0.3, -0.25) is 4.68 Å². The van der Waals surface area contributed by atoms with Crippen LogP contribution < -0.4 is 14.8 Å². The topological polar surface area (TPSA) is 68.6 Å². The van der Waals surface area contributed by atoms with Crippen LogP contribution in [0.5, 0.6) is 11.5 Å². The van der Waals surface area contributed by atoms with Crippen molar-refractivity contribution in [2.75, 3.05) is 13.8 Å². The van der Waals surface area contributed by atoms with E-state index in [0.717, 1.165) is 28.2 Å². The maximum atomic E-state index is 12.5. The van der Waals surface area contributed by atoms with Crippen molar-refractivity contribution in [3.63, 3.8) is 0 Å². The Bertz CT molecular complexity index is 956. The summed E-state index contributed by atoms with van der Waals surface area (Å²) in [5.74, 6) is 1.46. The first-order valence-electron chi connectivity index (χ1n) is 9.11. The van der Waals surface area contributed by atoms with E-state index in [4.69, 9.17) is 9.47 Å². The maximum Gasteiger partial charge on any atom is 0.317 e. The molecule has 2 aromatic carbocycles. The second-order valence-corrected chi connectivity index (χ2v) is 6.67. The first-order valence-corrected chi connectivity index (χ1v) is 9.11. The van der Waals surface area contributed by atoms with Gasteiger partial charge in [-0.15, -0.1) is 0 Å². The number of hydrogen-bond acceptors (Lipinski definition) is 4. The Kier molecular flexibility index (Phi) is 5.14. The number of aromatic nitrogens is 2. The van der Waals surface area contributed by atoms with Crippen molar-refractivity contribution >= 4 is 6.03 Å². The Balaban J connectivity index is 1.35. The number of rotatable bonds is 6. The first kappa shape index (κ1) is 17.9. The quantitative estimate of drug-likeness (QED) is 0.716. The minimum atomic E-state index is -0.133. The minimum Gasteiger partial charge on any atom is -0.454 e. The number of nitrogens with one attached hydrogen (secondary N) is 1. The predicted octanol–water partition coefficient (Wildman–Crippen LogP) is 3.00. The highest BCUT2D eigenvalue weighted by Gasteiger charge is 2.15. The molecule has 0 aliphatic carbocycles. The maximum absolute atomic E-state index is 12.5. The zero-order chi connectivity index (χ0) is 19.3. The molecule has 2 heterocycles. The average molecular weight is 378 g/mol. The summed E-state index contributed by atoms with van der Waals surface area (Å²) in [5, 5.41) is 7.24. The fourth-order valence-corrected chi connectivity index (χ4v) is 3.14. The third kappa shape index (κ3) is 4.09. The summed E-state index contributed by atoms with van der Waals surface area (Å²) < 4.78 is 12.6. The highest BCUT2D eigenvalue weighted by atomic mass is 16.7. The van der Waals surface area contributed by atoms with Crippen molar-refractivity contribution in [2.45, 2.75) is 19.6 Å². The third-order valence-corrected chi connectivity index (χ3v) is 4.64. The Morgan fingerprint density at radius 3 is 2.79 bits per heavy atom. The van der Waals surface area contributed by atoms with Gasteiger partial charge in [0.1, 0.15) is 0 Å². The molecule has 4 rings (SSSR count). The summed E-state index contributed by atoms with van der Waals surface area (Å²) in [7, 11) is 1.77. The molecule has 0 fully saturated rings. The molecule has 144 valence electrons. The summed E-state index contributed by atoms with van der Waals surface area (Å²) in [5.41, 5.74) is 3.19. The number of hydrogen-bond donors (Lipinski definition) is 1. The van der Waals surface area contributed by atoms with Crippen LogP contribution >= 0.6 is 0 Å². The molecule has 0 radical (unpaired) electrons. The van der Waals surface area contributed by atoms with E-state index in [-0.39, 0.29) is 12.8 Å². The van der Waals surface area contributed by atoms with Crippen molar-refractivity contribution in [2.24, 2.45) is 0 Å². The van der Waals surface area contributed by atoms with Crippen LogP contribution in [0.25, 0.3) is 0 Å². The molecule has 7 heteroatoms. The number of nitrogens with zero attached hydrogens (tertiary/aromatic N) is 3. The van der Waals surface area contributed by atoms with E-state index >= 15 is 0 Å². The van der Waals surface area contributed by atoms with Crippen LogP contribution in [-0.2, 0) is 19.6 Å². The Morgan fingerprint density at radius 2 is 1.96 bits per heavy atom. The van der Waals surface area contributed by atoms with Gasteiger partial charge < -0.3 is 19.7 Å². The highest BCUT2D eigenvalue weighted by molar-refractivity contribution is 5.74. The zero-order valence-corrected chi connectivity index (χ0v) is 15.7. The van der Waals surface area contributed by atoms with Gasteiger partial charge in [-0.1, -0.05) is 30.3 Å². The summed E-state index contributed by atoms with van der Waals surface area (Å²) in [6.07, 6.45) is 3.68. The fraction of sp³-hybridized carbons (Fsp3) is 0.238. The number of fused-ring (bicyclic) bond motifs is 1. The van der Waals surface area contributed by atoms with Crippen LogP contribution in [0.1, 0.15) is 16.7 Å². The van der Waals surface area contributed by atoms with Gasteiger partial charge >= 0.3 is 6.03 Å². The summed E-state index contributed by atoms with van der Waals surface area (Å²) in [6, 6.07) is 15.5. The molecule has 1 N–H and O–H groups in total. The molecular weight excluding hydrogens is 356 g/mol. The van der Waals surface area contributed by atoms with Crippen LogP contribution in [0.3, 0.4) is 0 Å². The smallest absolute Gasteiger partial charge is 0.317 e. The second-order valence-electron chi connectivity index (χ2n) is 6.67. The van der Waals surface area contributed by atoms with E-state index in [0.29, 0.717) is 19.6 Å². The van der Waals surface area contributed by atoms with Crippen LogP contribution in [0.2, 0.25) is 0 Å². The lowest BCUT2D eigenvalue weighted by Crippen LogP contribution is -2.36. The monoisotopic (exact) mass is 378 g/mol. The average Bonchev–Trinajstić information content (AvgIpc) is 3.38. The highest BCUT2D eigenvalue weighted by Crippen LogP contribution is 2.32. The molecule has 0 atom stereocenters. The van der Waals surface area contributed by atoms with Crippen molar-refractivity contribution in [3.05, 3.63) is 77.6 Å². The van der Waals surface area contributed by atoms with E-state index in [2.05, 4.69) is 16.5 Å². The molecule has 1 aliphatic heterocycles. The Morgan fingerprint density at radius 1 is 1.14 bits per heavy atom. The van der Waals surface area contributed by atoms with Gasteiger partial charge in [-0.25, -0.2) is 4.79 Å². The molecule has 0 unspecified atom stereocenters. The summed E-state index contributed by atoms with van der Waals surface area (Å²) in [6.45, 7) is 1.86. The van der Waals surface area contributed by atoms with Gasteiger partial charge in [0.2, 0.25) is 6.79 Å². The van der Waals surface area contributed by atoms with E-state index in [1.54, 1.807) is 18.1 Å². The first-order chi connectivity index (χ1) is 13.7. The molecule has 7 nitrogen and oxygen atoms in total. The molecule has 28 heavy (non-hydrogen) atoms. The normalized spacial score (nSPS) is 12.0. The molecule has 0 saturated heterocycles. The minimum absolute atomic E-state index is 0.133. The number of carbonyl (C=O) groups is 1. The molecule has 2 amide bonds. The molecule has 1 aliphatic rings. The van der Waals surface area contributed by atoms with Gasteiger partial charge in [0.05, 0.1) is 6.54 Å². The van der Waals surface area contributed by atoms with E-state index in [1.807, 2.05) is 53.3 Å². The third-order valence-electron chi connectivity index (χ3n) is 4.64. The number of ether oxygens (including phenoxy) is 2. The number of carbonyl (C=O) groups excluding carboxylic acids is 1. The lowest BCUT2D eigenvalue weighted by Gasteiger charge is -2.19. The molecular formula is C21H22N4O3. The number of benzene rings is 2.